The molecule has 0 saturated heterocycles. The summed E-state index contributed by atoms with van der Waals surface area (Å²) in [7, 11) is 2.12. The number of halogens is 1. The van der Waals surface area contributed by atoms with Gasteiger partial charge in [-0.2, -0.15) is 5.10 Å². The number of hydrogen-bond donors (Lipinski definition) is 2. The molecule has 0 atom stereocenters. The number of para-hydroxylation sites is 1. The Morgan fingerprint density at radius 1 is 1.15 bits per heavy atom. The van der Waals surface area contributed by atoms with E-state index in [0.717, 1.165) is 51.5 Å². The highest BCUT2D eigenvalue weighted by atomic mass is 127. The van der Waals surface area contributed by atoms with Crippen LogP contribution < -0.4 is 15.5 Å². The van der Waals surface area contributed by atoms with Gasteiger partial charge in [-0.1, -0.05) is 18.2 Å². The maximum absolute atomic E-state index is 4.66. The van der Waals surface area contributed by atoms with Gasteiger partial charge in [-0.3, -0.25) is 9.67 Å². The molecule has 0 aliphatic heterocycles. The van der Waals surface area contributed by atoms with Crippen LogP contribution in [0.4, 0.5) is 5.69 Å². The fourth-order valence-electron chi connectivity index (χ4n) is 2.53. The molecule has 0 bridgehead atoms. The maximum Gasteiger partial charge on any atom is 0.191 e. The average Bonchev–Trinajstić information content (AvgIpc) is 3.16. The van der Waals surface area contributed by atoms with Crippen LogP contribution in [0.3, 0.4) is 0 Å². The summed E-state index contributed by atoms with van der Waals surface area (Å²) in [5.41, 5.74) is 1.25. The zero-order valence-electron chi connectivity index (χ0n) is 15.8. The van der Waals surface area contributed by atoms with E-state index in [9.17, 15) is 0 Å². The number of aromatic nitrogens is 2. The van der Waals surface area contributed by atoms with Crippen LogP contribution in [-0.4, -0.2) is 49.0 Å². The normalized spacial score (nSPS) is 10.9. The average molecular weight is 470 g/mol. The lowest BCUT2D eigenvalue weighted by Crippen LogP contribution is -2.38. The van der Waals surface area contributed by atoms with Gasteiger partial charge in [0.1, 0.15) is 0 Å². The maximum atomic E-state index is 4.66. The van der Waals surface area contributed by atoms with Crippen molar-refractivity contribution in [2.75, 3.05) is 38.1 Å². The van der Waals surface area contributed by atoms with E-state index in [0.29, 0.717) is 0 Å². The van der Waals surface area contributed by atoms with Crippen molar-refractivity contribution in [2.24, 2.45) is 4.99 Å². The minimum absolute atomic E-state index is 0. The molecule has 1 aromatic carbocycles. The zero-order chi connectivity index (χ0) is 17.7. The molecule has 144 valence electrons. The second-order valence-electron chi connectivity index (χ2n) is 5.92. The van der Waals surface area contributed by atoms with Gasteiger partial charge < -0.3 is 15.5 Å². The quantitative estimate of drug-likeness (QED) is 0.243. The third-order valence-corrected chi connectivity index (χ3v) is 3.88. The SMILES string of the molecule is CCNC(=NCCCN(C)c1ccccc1)NCCCn1cccn1.I. The molecule has 2 N–H and O–H groups in total. The van der Waals surface area contributed by atoms with E-state index < -0.39 is 0 Å². The van der Waals surface area contributed by atoms with Crippen LogP contribution >= 0.6 is 24.0 Å². The van der Waals surface area contributed by atoms with E-state index in [4.69, 9.17) is 0 Å². The Morgan fingerprint density at radius 3 is 2.65 bits per heavy atom. The number of rotatable bonds is 10. The molecule has 0 amide bonds. The molecule has 0 aliphatic rings. The summed E-state index contributed by atoms with van der Waals surface area (Å²) < 4.78 is 1.95. The third-order valence-electron chi connectivity index (χ3n) is 3.88. The molecular weight excluding hydrogens is 439 g/mol. The number of aryl methyl sites for hydroxylation is 1. The first-order valence-electron chi connectivity index (χ1n) is 9.05. The number of nitrogens with zero attached hydrogens (tertiary/aromatic N) is 4. The molecule has 0 saturated carbocycles. The second-order valence-corrected chi connectivity index (χ2v) is 5.92. The summed E-state index contributed by atoms with van der Waals surface area (Å²) in [5.74, 6) is 0.894. The van der Waals surface area contributed by atoms with Crippen LogP contribution in [0.2, 0.25) is 0 Å². The Kier molecular flexibility index (Phi) is 11.5. The van der Waals surface area contributed by atoms with Gasteiger partial charge in [-0.25, -0.2) is 0 Å². The molecule has 7 heteroatoms. The van der Waals surface area contributed by atoms with Gasteiger partial charge >= 0.3 is 0 Å². The number of aliphatic imine (C=N–C) groups is 1. The van der Waals surface area contributed by atoms with E-state index in [-0.39, 0.29) is 24.0 Å². The Hall–Kier alpha value is -1.77. The topological polar surface area (TPSA) is 57.5 Å². The van der Waals surface area contributed by atoms with E-state index in [2.05, 4.69) is 63.9 Å². The molecule has 1 aromatic heterocycles. The lowest BCUT2D eigenvalue weighted by Gasteiger charge is -2.18. The standard InChI is InChI=1S/C19H30N6.HI/c1-3-20-19(22-13-8-16-25-17-9-14-23-25)21-12-7-15-24(2)18-10-5-4-6-11-18;/h4-6,9-11,14,17H,3,7-8,12-13,15-16H2,1-2H3,(H2,20,21,22);1H. The van der Waals surface area contributed by atoms with Crippen LogP contribution in [0, 0.1) is 0 Å². The molecule has 0 fully saturated rings. The lowest BCUT2D eigenvalue weighted by molar-refractivity contribution is 0.570. The molecule has 0 aliphatic carbocycles. The molecule has 0 unspecified atom stereocenters. The van der Waals surface area contributed by atoms with Crippen LogP contribution in [0.25, 0.3) is 0 Å². The Morgan fingerprint density at radius 2 is 1.96 bits per heavy atom. The molecule has 26 heavy (non-hydrogen) atoms. The summed E-state index contributed by atoms with van der Waals surface area (Å²) >= 11 is 0. The third kappa shape index (κ3) is 8.55. The molecule has 6 nitrogen and oxygen atoms in total. The summed E-state index contributed by atoms with van der Waals surface area (Å²) in [6, 6.07) is 12.4. The van der Waals surface area contributed by atoms with Crippen LogP contribution in [0.15, 0.2) is 53.8 Å². The van der Waals surface area contributed by atoms with E-state index in [1.54, 1.807) is 0 Å². The van der Waals surface area contributed by atoms with Crippen molar-refractivity contribution in [1.29, 1.82) is 0 Å². The van der Waals surface area contributed by atoms with Crippen molar-refractivity contribution in [1.82, 2.24) is 20.4 Å². The van der Waals surface area contributed by atoms with Crippen molar-refractivity contribution in [2.45, 2.75) is 26.3 Å². The van der Waals surface area contributed by atoms with Gasteiger partial charge in [0, 0.05) is 57.9 Å². The fraction of sp³-hybridized carbons (Fsp3) is 0.474. The second kappa shape index (κ2) is 13.4. The summed E-state index contributed by atoms with van der Waals surface area (Å²) in [5, 5.41) is 10.9. The summed E-state index contributed by atoms with van der Waals surface area (Å²) in [6.45, 7) is 6.56. The van der Waals surface area contributed by atoms with Gasteiger partial charge in [0.25, 0.3) is 0 Å². The largest absolute Gasteiger partial charge is 0.375 e. The molecular formula is C19H31IN6. The number of anilines is 1. The highest BCUT2D eigenvalue weighted by Gasteiger charge is 2.00. The van der Waals surface area contributed by atoms with Crippen molar-refractivity contribution < 1.29 is 0 Å². The van der Waals surface area contributed by atoms with E-state index in [1.165, 1.54) is 5.69 Å². The smallest absolute Gasteiger partial charge is 0.191 e. The molecule has 0 radical (unpaired) electrons. The highest BCUT2D eigenvalue weighted by Crippen LogP contribution is 2.10. The van der Waals surface area contributed by atoms with Crippen molar-refractivity contribution in [3.8, 4) is 0 Å². The monoisotopic (exact) mass is 470 g/mol. The summed E-state index contributed by atoms with van der Waals surface area (Å²) in [4.78, 5) is 6.92. The Labute approximate surface area is 174 Å². The Bertz CT molecular complexity index is 600. The highest BCUT2D eigenvalue weighted by molar-refractivity contribution is 14.0. The number of hydrogen-bond acceptors (Lipinski definition) is 3. The lowest BCUT2D eigenvalue weighted by atomic mass is 10.3. The fourth-order valence-corrected chi connectivity index (χ4v) is 2.53. The van der Waals surface area contributed by atoms with Crippen molar-refractivity contribution in [3.05, 3.63) is 48.8 Å². The van der Waals surface area contributed by atoms with Gasteiger partial charge in [-0.15, -0.1) is 24.0 Å². The molecule has 2 aromatic rings. The molecule has 0 spiro atoms. The first-order chi connectivity index (χ1) is 12.3. The van der Waals surface area contributed by atoms with Crippen LogP contribution in [0.1, 0.15) is 19.8 Å². The molecule has 2 rings (SSSR count). The predicted octanol–water partition coefficient (Wildman–Crippen LogP) is 2.97. The van der Waals surface area contributed by atoms with Crippen molar-refractivity contribution in [3.63, 3.8) is 0 Å². The Balaban J connectivity index is 0.00000338. The molecule has 1 heterocycles. The number of guanidine groups is 1. The van der Waals surface area contributed by atoms with Gasteiger partial charge in [0.2, 0.25) is 0 Å². The number of nitrogens with one attached hydrogen (secondary N) is 2. The van der Waals surface area contributed by atoms with Gasteiger partial charge in [0.15, 0.2) is 5.96 Å². The first kappa shape index (κ1) is 22.3. The number of benzene rings is 1. The minimum Gasteiger partial charge on any atom is -0.375 e. The van der Waals surface area contributed by atoms with E-state index in [1.807, 2.05) is 29.2 Å². The first-order valence-corrected chi connectivity index (χ1v) is 9.05. The van der Waals surface area contributed by atoms with Gasteiger partial charge in [0.05, 0.1) is 0 Å². The van der Waals surface area contributed by atoms with Crippen molar-refractivity contribution >= 4 is 35.6 Å². The summed E-state index contributed by atoms with van der Waals surface area (Å²) in [6.07, 6.45) is 5.84. The van der Waals surface area contributed by atoms with E-state index >= 15 is 0 Å². The van der Waals surface area contributed by atoms with Crippen LogP contribution in [0.5, 0.6) is 0 Å². The zero-order valence-corrected chi connectivity index (χ0v) is 18.1. The predicted molar refractivity (Wildman–Crippen MR) is 121 cm³/mol. The van der Waals surface area contributed by atoms with Crippen LogP contribution in [-0.2, 0) is 6.54 Å². The minimum atomic E-state index is 0. The van der Waals surface area contributed by atoms with Gasteiger partial charge in [-0.05, 0) is 38.0 Å².